The smallest absolute Gasteiger partial charge is 0.316 e. The fourth-order valence-corrected chi connectivity index (χ4v) is 2.78. The van der Waals surface area contributed by atoms with E-state index >= 15 is 0 Å². The Morgan fingerprint density at radius 1 is 1.04 bits per heavy atom. The van der Waals surface area contributed by atoms with Gasteiger partial charge in [-0.1, -0.05) is 35.5 Å². The Labute approximate surface area is 161 Å². The molecule has 0 saturated carbocycles. The molecular formula is C21H18N4O3. The number of benzene rings is 2. The maximum atomic E-state index is 12.2. The van der Waals surface area contributed by atoms with E-state index < -0.39 is 12.0 Å². The van der Waals surface area contributed by atoms with Gasteiger partial charge < -0.3 is 19.5 Å². The summed E-state index contributed by atoms with van der Waals surface area (Å²) >= 11 is 0. The van der Waals surface area contributed by atoms with E-state index in [-0.39, 0.29) is 12.4 Å². The molecule has 1 amide bonds. The van der Waals surface area contributed by atoms with Gasteiger partial charge in [-0.25, -0.2) is 0 Å². The Morgan fingerprint density at radius 3 is 2.46 bits per heavy atom. The van der Waals surface area contributed by atoms with Crippen LogP contribution in [-0.2, 0) is 0 Å². The fourth-order valence-electron chi connectivity index (χ4n) is 2.78. The van der Waals surface area contributed by atoms with Gasteiger partial charge >= 0.3 is 11.8 Å². The summed E-state index contributed by atoms with van der Waals surface area (Å²) in [6.45, 7) is 0.0477. The van der Waals surface area contributed by atoms with Crippen molar-refractivity contribution in [2.24, 2.45) is 0 Å². The lowest BCUT2D eigenvalue weighted by Gasteiger charge is -2.10. The Balaban J connectivity index is 1.40. The second-order valence-corrected chi connectivity index (χ2v) is 6.20. The highest BCUT2D eigenvalue weighted by Crippen LogP contribution is 2.18. The number of carbonyl (C=O) groups is 1. The van der Waals surface area contributed by atoms with Gasteiger partial charge in [0, 0.05) is 30.2 Å². The normalized spacial score (nSPS) is 11.9. The Bertz CT molecular complexity index is 1040. The summed E-state index contributed by atoms with van der Waals surface area (Å²) in [4.78, 5) is 16.4. The lowest BCUT2D eigenvalue weighted by atomic mass is 10.1. The number of hydrogen-bond donors (Lipinski definition) is 2. The number of nitrogens with zero attached hydrogens (tertiary/aromatic N) is 3. The second-order valence-electron chi connectivity index (χ2n) is 6.20. The van der Waals surface area contributed by atoms with E-state index in [0.717, 1.165) is 16.8 Å². The van der Waals surface area contributed by atoms with E-state index in [1.165, 1.54) is 0 Å². The van der Waals surface area contributed by atoms with Crippen molar-refractivity contribution in [2.45, 2.75) is 6.10 Å². The molecule has 0 bridgehead atoms. The third-order valence-electron chi connectivity index (χ3n) is 4.29. The molecule has 0 aliphatic carbocycles. The molecule has 7 nitrogen and oxygen atoms in total. The maximum absolute atomic E-state index is 12.2. The van der Waals surface area contributed by atoms with Crippen LogP contribution in [0.25, 0.3) is 17.1 Å². The zero-order chi connectivity index (χ0) is 19.3. The summed E-state index contributed by atoms with van der Waals surface area (Å²) in [6, 6.07) is 20.6. The van der Waals surface area contributed by atoms with Crippen molar-refractivity contribution in [1.82, 2.24) is 20.0 Å². The lowest BCUT2D eigenvalue weighted by Crippen LogP contribution is -2.28. The number of amides is 1. The van der Waals surface area contributed by atoms with Crippen LogP contribution in [0.3, 0.4) is 0 Å². The highest BCUT2D eigenvalue weighted by molar-refractivity contribution is 5.89. The number of rotatable bonds is 6. The Kier molecular flexibility index (Phi) is 4.99. The average Bonchev–Trinajstić information content (AvgIpc) is 3.45. The van der Waals surface area contributed by atoms with E-state index in [2.05, 4.69) is 15.5 Å². The van der Waals surface area contributed by atoms with Crippen LogP contribution < -0.4 is 5.32 Å². The van der Waals surface area contributed by atoms with E-state index in [1.807, 2.05) is 71.6 Å². The largest absolute Gasteiger partial charge is 0.387 e. The summed E-state index contributed by atoms with van der Waals surface area (Å²) in [5.41, 5.74) is 2.46. The summed E-state index contributed by atoms with van der Waals surface area (Å²) < 4.78 is 7.04. The van der Waals surface area contributed by atoms with E-state index in [1.54, 1.807) is 12.1 Å². The minimum Gasteiger partial charge on any atom is -0.387 e. The molecule has 1 atom stereocenters. The van der Waals surface area contributed by atoms with E-state index in [0.29, 0.717) is 5.82 Å². The standard InChI is InChI=1S/C21H18N4O3/c26-18(15-6-2-1-3-7-15)14-22-20(27)21-23-19(24-28-21)16-8-10-17(11-9-16)25-12-4-5-13-25/h1-13,18,26H,14H2,(H,22,27). The number of aromatic nitrogens is 3. The summed E-state index contributed by atoms with van der Waals surface area (Å²) in [5, 5.41) is 16.6. The summed E-state index contributed by atoms with van der Waals surface area (Å²) in [7, 11) is 0. The van der Waals surface area contributed by atoms with Crippen molar-refractivity contribution in [2.75, 3.05) is 6.54 Å². The van der Waals surface area contributed by atoms with Crippen LogP contribution in [0, 0.1) is 0 Å². The van der Waals surface area contributed by atoms with Crippen LogP contribution in [0.4, 0.5) is 0 Å². The second kappa shape index (κ2) is 7.89. The molecule has 0 spiro atoms. The number of aliphatic hydroxyl groups excluding tert-OH is 1. The van der Waals surface area contributed by atoms with Crippen LogP contribution >= 0.6 is 0 Å². The van der Waals surface area contributed by atoms with Gasteiger partial charge in [-0.2, -0.15) is 4.98 Å². The molecule has 7 heteroatoms. The molecule has 2 aromatic carbocycles. The molecule has 28 heavy (non-hydrogen) atoms. The van der Waals surface area contributed by atoms with Crippen LogP contribution in [0.15, 0.2) is 83.6 Å². The quantitative estimate of drug-likeness (QED) is 0.541. The minimum atomic E-state index is -0.811. The lowest BCUT2D eigenvalue weighted by molar-refractivity contribution is 0.0873. The molecule has 2 N–H and O–H groups in total. The number of nitrogens with one attached hydrogen (secondary N) is 1. The molecule has 4 aromatic rings. The van der Waals surface area contributed by atoms with Gasteiger partial charge in [-0.05, 0) is 42.0 Å². The van der Waals surface area contributed by atoms with Crippen molar-refractivity contribution in [1.29, 1.82) is 0 Å². The number of hydrogen-bond acceptors (Lipinski definition) is 5. The molecule has 140 valence electrons. The first-order chi connectivity index (χ1) is 13.7. The number of carbonyl (C=O) groups excluding carboxylic acids is 1. The first-order valence-electron chi connectivity index (χ1n) is 8.79. The predicted octanol–water partition coefficient (Wildman–Crippen LogP) is 2.99. The molecule has 0 radical (unpaired) electrons. The third kappa shape index (κ3) is 3.84. The first kappa shape index (κ1) is 17.7. The van der Waals surface area contributed by atoms with Crippen molar-refractivity contribution < 1.29 is 14.4 Å². The molecule has 0 aliphatic rings. The topological polar surface area (TPSA) is 93.2 Å². The first-order valence-corrected chi connectivity index (χ1v) is 8.79. The van der Waals surface area contributed by atoms with Crippen LogP contribution in [0.1, 0.15) is 22.4 Å². The molecular weight excluding hydrogens is 356 g/mol. The third-order valence-corrected chi connectivity index (χ3v) is 4.29. The number of aliphatic hydroxyl groups is 1. The molecule has 0 saturated heterocycles. The van der Waals surface area contributed by atoms with E-state index in [4.69, 9.17) is 4.52 Å². The minimum absolute atomic E-state index is 0.0477. The molecule has 4 rings (SSSR count). The summed E-state index contributed by atoms with van der Waals surface area (Å²) in [5.74, 6) is -0.352. The van der Waals surface area contributed by atoms with Crippen LogP contribution in [-0.4, -0.2) is 32.3 Å². The fraction of sp³-hybridized carbons (Fsp3) is 0.0952. The van der Waals surface area contributed by atoms with Gasteiger partial charge in [-0.3, -0.25) is 4.79 Å². The van der Waals surface area contributed by atoms with Crippen molar-refractivity contribution >= 4 is 5.91 Å². The van der Waals surface area contributed by atoms with Gasteiger partial charge in [-0.15, -0.1) is 0 Å². The highest BCUT2D eigenvalue weighted by Gasteiger charge is 2.17. The van der Waals surface area contributed by atoms with E-state index in [9.17, 15) is 9.90 Å². The molecule has 1 unspecified atom stereocenters. The predicted molar refractivity (Wildman–Crippen MR) is 103 cm³/mol. The molecule has 2 aromatic heterocycles. The van der Waals surface area contributed by atoms with Crippen molar-refractivity contribution in [3.8, 4) is 17.1 Å². The van der Waals surface area contributed by atoms with Gasteiger partial charge in [0.05, 0.1) is 6.10 Å². The zero-order valence-corrected chi connectivity index (χ0v) is 14.9. The van der Waals surface area contributed by atoms with Crippen molar-refractivity contribution in [3.05, 3.63) is 90.6 Å². The molecule has 0 fully saturated rings. The van der Waals surface area contributed by atoms with Gasteiger partial charge in [0.1, 0.15) is 0 Å². The molecule has 2 heterocycles. The van der Waals surface area contributed by atoms with Crippen molar-refractivity contribution in [3.63, 3.8) is 0 Å². The monoisotopic (exact) mass is 374 g/mol. The summed E-state index contributed by atoms with van der Waals surface area (Å²) in [6.07, 6.45) is 3.10. The Morgan fingerprint density at radius 2 is 1.75 bits per heavy atom. The van der Waals surface area contributed by atoms with Crippen LogP contribution in [0.5, 0.6) is 0 Å². The zero-order valence-electron chi connectivity index (χ0n) is 14.9. The Hall–Kier alpha value is -3.71. The van der Waals surface area contributed by atoms with Crippen LogP contribution in [0.2, 0.25) is 0 Å². The maximum Gasteiger partial charge on any atom is 0.316 e. The van der Waals surface area contributed by atoms with Gasteiger partial charge in [0.15, 0.2) is 0 Å². The SMILES string of the molecule is O=C(NCC(O)c1ccccc1)c1nc(-c2ccc(-n3cccc3)cc2)no1. The average molecular weight is 374 g/mol. The van der Waals surface area contributed by atoms with Gasteiger partial charge in [0.2, 0.25) is 5.82 Å². The van der Waals surface area contributed by atoms with Gasteiger partial charge in [0.25, 0.3) is 0 Å². The highest BCUT2D eigenvalue weighted by atomic mass is 16.5. The molecule has 0 aliphatic heterocycles.